The van der Waals surface area contributed by atoms with Crippen molar-refractivity contribution in [1.82, 2.24) is 9.38 Å². The zero-order valence-electron chi connectivity index (χ0n) is 8.42. The van der Waals surface area contributed by atoms with Crippen LogP contribution in [-0.2, 0) is 0 Å². The molecule has 3 aromatic heterocycles. The molecule has 0 bridgehead atoms. The van der Waals surface area contributed by atoms with Gasteiger partial charge in [0, 0.05) is 23.2 Å². The van der Waals surface area contributed by atoms with Crippen LogP contribution in [0.25, 0.3) is 27.5 Å². The zero-order valence-corrected chi connectivity index (χ0v) is 8.42. The number of benzene rings is 1. The van der Waals surface area contributed by atoms with Crippen molar-refractivity contribution in [2.24, 2.45) is 0 Å². The summed E-state index contributed by atoms with van der Waals surface area (Å²) in [6.07, 6.45) is 5.44. The summed E-state index contributed by atoms with van der Waals surface area (Å²) in [5.41, 5.74) is 1.80. The van der Waals surface area contributed by atoms with Crippen LogP contribution in [0.4, 0.5) is 0 Å². The van der Waals surface area contributed by atoms with Crippen molar-refractivity contribution in [3.63, 3.8) is 0 Å². The van der Waals surface area contributed by atoms with Crippen LogP contribution < -0.4 is 0 Å². The molecule has 3 nitrogen and oxygen atoms in total. The van der Waals surface area contributed by atoms with Crippen molar-refractivity contribution in [1.29, 1.82) is 0 Å². The second-order valence-electron chi connectivity index (χ2n) is 3.81. The maximum Gasteiger partial charge on any atom is 0.212 e. The molecule has 0 saturated heterocycles. The van der Waals surface area contributed by atoms with E-state index >= 15 is 0 Å². The Bertz CT molecular complexity index is 741. The summed E-state index contributed by atoms with van der Waals surface area (Å²) >= 11 is 0. The van der Waals surface area contributed by atoms with E-state index < -0.39 is 0 Å². The number of aromatic nitrogens is 2. The van der Waals surface area contributed by atoms with Gasteiger partial charge < -0.3 is 4.42 Å². The second-order valence-corrected chi connectivity index (χ2v) is 3.81. The highest BCUT2D eigenvalue weighted by Crippen LogP contribution is 2.28. The van der Waals surface area contributed by atoms with Gasteiger partial charge in [0.2, 0.25) is 5.71 Å². The normalized spacial score (nSPS) is 11.8. The standard InChI is InChI=1S/C13H8N2O/c1-2-4-10-9(3-1)11-5-8-16-13(11)15-7-6-14-12(10)15/h1-8H. The minimum atomic E-state index is 0.853. The predicted octanol–water partition coefficient (Wildman–Crippen LogP) is 3.23. The molecule has 0 atom stereocenters. The van der Waals surface area contributed by atoms with Gasteiger partial charge in [0.25, 0.3) is 0 Å². The number of rotatable bonds is 0. The molecule has 0 aliphatic carbocycles. The predicted molar refractivity (Wildman–Crippen MR) is 62.5 cm³/mol. The smallest absolute Gasteiger partial charge is 0.212 e. The van der Waals surface area contributed by atoms with Crippen LogP contribution in [0.3, 0.4) is 0 Å². The molecule has 0 unspecified atom stereocenters. The molecule has 0 N–H and O–H groups in total. The minimum absolute atomic E-state index is 0.853. The molecule has 3 heterocycles. The van der Waals surface area contributed by atoms with Gasteiger partial charge in [0.15, 0.2) is 0 Å². The van der Waals surface area contributed by atoms with E-state index in [9.17, 15) is 0 Å². The van der Waals surface area contributed by atoms with E-state index in [0.29, 0.717) is 0 Å². The van der Waals surface area contributed by atoms with Crippen LogP contribution in [0.5, 0.6) is 0 Å². The summed E-state index contributed by atoms with van der Waals surface area (Å²) in [6, 6.07) is 10.3. The maximum absolute atomic E-state index is 5.52. The van der Waals surface area contributed by atoms with E-state index in [1.165, 1.54) is 5.39 Å². The summed E-state index contributed by atoms with van der Waals surface area (Å²) in [7, 11) is 0. The lowest BCUT2D eigenvalue weighted by Gasteiger charge is -2.02. The van der Waals surface area contributed by atoms with Crippen molar-refractivity contribution >= 4 is 27.5 Å². The molecular weight excluding hydrogens is 200 g/mol. The van der Waals surface area contributed by atoms with Crippen molar-refractivity contribution in [3.05, 3.63) is 49.0 Å². The van der Waals surface area contributed by atoms with Crippen LogP contribution in [0, 0.1) is 0 Å². The third-order valence-electron chi connectivity index (χ3n) is 2.96. The first-order chi connectivity index (χ1) is 7.95. The molecular formula is C13H8N2O. The number of pyridine rings is 1. The van der Waals surface area contributed by atoms with Gasteiger partial charge in [-0.3, -0.25) is 4.40 Å². The number of imidazole rings is 1. The van der Waals surface area contributed by atoms with Gasteiger partial charge in [-0.2, -0.15) is 0 Å². The number of nitrogens with zero attached hydrogens (tertiary/aromatic N) is 2. The molecule has 0 aliphatic rings. The average molecular weight is 208 g/mol. The zero-order chi connectivity index (χ0) is 10.5. The maximum atomic E-state index is 5.52. The second kappa shape index (κ2) is 2.64. The monoisotopic (exact) mass is 208 g/mol. The van der Waals surface area contributed by atoms with E-state index in [2.05, 4.69) is 17.1 Å². The molecule has 0 spiro atoms. The van der Waals surface area contributed by atoms with Gasteiger partial charge in [-0.15, -0.1) is 0 Å². The molecule has 1 aromatic carbocycles. The van der Waals surface area contributed by atoms with Gasteiger partial charge in [-0.1, -0.05) is 24.3 Å². The molecule has 76 valence electrons. The van der Waals surface area contributed by atoms with Crippen molar-refractivity contribution in [2.45, 2.75) is 0 Å². The summed E-state index contributed by atoms with van der Waals surface area (Å²) in [6.45, 7) is 0. The Balaban J connectivity index is 2.51. The van der Waals surface area contributed by atoms with Crippen LogP contribution in [0.2, 0.25) is 0 Å². The van der Waals surface area contributed by atoms with Crippen molar-refractivity contribution in [2.75, 3.05) is 0 Å². The Hall–Kier alpha value is -2.29. The Morgan fingerprint density at radius 1 is 1.00 bits per heavy atom. The van der Waals surface area contributed by atoms with Crippen LogP contribution in [-0.4, -0.2) is 9.38 Å². The first-order valence-electron chi connectivity index (χ1n) is 5.16. The number of furan rings is 1. The van der Waals surface area contributed by atoms with Crippen LogP contribution >= 0.6 is 0 Å². The molecule has 0 aliphatic heterocycles. The van der Waals surface area contributed by atoms with Gasteiger partial charge in [0.1, 0.15) is 5.65 Å². The van der Waals surface area contributed by atoms with Gasteiger partial charge in [0.05, 0.1) is 6.26 Å². The van der Waals surface area contributed by atoms with E-state index in [0.717, 1.165) is 22.1 Å². The third kappa shape index (κ3) is 0.810. The molecule has 3 heteroatoms. The van der Waals surface area contributed by atoms with E-state index in [1.807, 2.05) is 28.8 Å². The number of hydrogen-bond acceptors (Lipinski definition) is 2. The summed E-state index contributed by atoms with van der Waals surface area (Å²) in [5, 5.41) is 3.47. The lowest BCUT2D eigenvalue weighted by molar-refractivity contribution is 0.598. The topological polar surface area (TPSA) is 30.4 Å². The lowest BCUT2D eigenvalue weighted by Crippen LogP contribution is -1.86. The highest BCUT2D eigenvalue weighted by atomic mass is 16.3. The lowest BCUT2D eigenvalue weighted by atomic mass is 10.1. The van der Waals surface area contributed by atoms with E-state index in [1.54, 1.807) is 12.5 Å². The van der Waals surface area contributed by atoms with E-state index in [-0.39, 0.29) is 0 Å². The van der Waals surface area contributed by atoms with Gasteiger partial charge in [-0.05, 0) is 11.5 Å². The summed E-state index contributed by atoms with van der Waals surface area (Å²) in [4.78, 5) is 4.38. The SMILES string of the molecule is c1ccc2c(c1)c1ccoc1n1ccnc21. The summed E-state index contributed by atoms with van der Waals surface area (Å²) in [5.74, 6) is 0. The third-order valence-corrected chi connectivity index (χ3v) is 2.96. The molecule has 0 fully saturated rings. The Morgan fingerprint density at radius 3 is 2.81 bits per heavy atom. The first-order valence-corrected chi connectivity index (χ1v) is 5.16. The highest BCUT2D eigenvalue weighted by molar-refractivity contribution is 6.10. The van der Waals surface area contributed by atoms with Crippen molar-refractivity contribution < 1.29 is 4.42 Å². The molecule has 4 aromatic rings. The van der Waals surface area contributed by atoms with Crippen LogP contribution in [0.1, 0.15) is 0 Å². The number of hydrogen-bond donors (Lipinski definition) is 0. The molecule has 0 radical (unpaired) electrons. The van der Waals surface area contributed by atoms with Crippen LogP contribution in [0.15, 0.2) is 53.4 Å². The quantitative estimate of drug-likeness (QED) is 0.444. The first kappa shape index (κ1) is 7.93. The Kier molecular flexibility index (Phi) is 1.31. The van der Waals surface area contributed by atoms with Crippen molar-refractivity contribution in [3.8, 4) is 0 Å². The fourth-order valence-corrected chi connectivity index (χ4v) is 2.27. The van der Waals surface area contributed by atoms with E-state index in [4.69, 9.17) is 4.42 Å². The average Bonchev–Trinajstić information content (AvgIpc) is 2.98. The van der Waals surface area contributed by atoms with Gasteiger partial charge >= 0.3 is 0 Å². The Morgan fingerprint density at radius 2 is 1.88 bits per heavy atom. The fraction of sp³-hybridized carbons (Fsp3) is 0. The minimum Gasteiger partial charge on any atom is -0.447 e. The molecule has 4 rings (SSSR count). The largest absolute Gasteiger partial charge is 0.447 e. The number of fused-ring (bicyclic) bond motifs is 6. The fourth-order valence-electron chi connectivity index (χ4n) is 2.27. The highest BCUT2D eigenvalue weighted by Gasteiger charge is 2.09. The summed E-state index contributed by atoms with van der Waals surface area (Å²) < 4.78 is 7.50. The molecule has 0 amide bonds. The molecule has 0 saturated carbocycles. The van der Waals surface area contributed by atoms with Gasteiger partial charge in [-0.25, -0.2) is 4.98 Å². The Labute approximate surface area is 90.9 Å². The molecule has 16 heavy (non-hydrogen) atoms.